The fraction of sp³-hybridized carbons (Fsp3) is 0.273. The molecule has 4 heteroatoms. The second-order valence-corrected chi connectivity index (χ2v) is 3.37. The number of nitrogens with zero attached hydrogens (tertiary/aromatic N) is 2. The van der Waals surface area contributed by atoms with Gasteiger partial charge in [-0.15, -0.1) is 0 Å². The van der Waals surface area contributed by atoms with E-state index in [0.717, 1.165) is 23.4 Å². The van der Waals surface area contributed by atoms with E-state index in [1.807, 2.05) is 12.1 Å². The predicted octanol–water partition coefficient (Wildman–Crippen LogP) is 1.11. The van der Waals surface area contributed by atoms with Gasteiger partial charge in [0.2, 0.25) is 0 Å². The zero-order valence-electron chi connectivity index (χ0n) is 8.36. The third kappa shape index (κ3) is 1.64. The fourth-order valence-electron chi connectivity index (χ4n) is 1.57. The van der Waals surface area contributed by atoms with E-state index in [0.29, 0.717) is 6.61 Å². The smallest absolute Gasteiger partial charge is 0.329 e. The van der Waals surface area contributed by atoms with E-state index in [1.54, 1.807) is 19.2 Å². The Morgan fingerprint density at radius 2 is 2.40 bits per heavy atom. The molecular formula is C11H10N2O2. The summed E-state index contributed by atoms with van der Waals surface area (Å²) in [4.78, 5) is 12.5. The van der Waals surface area contributed by atoms with Gasteiger partial charge in [-0.25, -0.2) is 0 Å². The Labute approximate surface area is 87.7 Å². The number of anilines is 1. The number of carbonyl (C=O) groups excluding carboxylic acids is 1. The lowest BCUT2D eigenvalue weighted by Gasteiger charge is -2.13. The molecule has 0 aromatic heterocycles. The largest absolute Gasteiger partial charge is 0.493 e. The minimum absolute atomic E-state index is 0.561. The Bertz CT molecular complexity index is 448. The summed E-state index contributed by atoms with van der Waals surface area (Å²) in [5.41, 5.74) is 1.82. The van der Waals surface area contributed by atoms with E-state index in [2.05, 4.69) is 0 Å². The molecule has 0 saturated carbocycles. The third-order valence-electron chi connectivity index (χ3n) is 2.46. The van der Waals surface area contributed by atoms with Crippen LogP contribution in [-0.2, 0) is 11.2 Å². The Balaban J connectivity index is 2.31. The van der Waals surface area contributed by atoms with Crippen molar-refractivity contribution in [1.82, 2.24) is 0 Å². The Hall–Kier alpha value is -2.02. The first-order valence-electron chi connectivity index (χ1n) is 4.66. The molecule has 0 unspecified atom stereocenters. The molecule has 1 heterocycles. The maximum atomic E-state index is 11.1. The van der Waals surface area contributed by atoms with Crippen LogP contribution in [-0.4, -0.2) is 19.6 Å². The molecule has 1 aliphatic rings. The Morgan fingerprint density at radius 3 is 3.13 bits per heavy atom. The molecule has 0 saturated heterocycles. The van der Waals surface area contributed by atoms with Crippen molar-refractivity contribution in [3.8, 4) is 11.8 Å². The summed E-state index contributed by atoms with van der Waals surface area (Å²) < 4.78 is 5.35. The second-order valence-electron chi connectivity index (χ2n) is 3.37. The third-order valence-corrected chi connectivity index (χ3v) is 2.46. The summed E-state index contributed by atoms with van der Waals surface area (Å²) in [6.07, 6.45) is 0.859. The summed E-state index contributed by atoms with van der Waals surface area (Å²) in [7, 11) is 1.59. The van der Waals surface area contributed by atoms with Gasteiger partial charge in [-0.2, -0.15) is 5.26 Å². The first kappa shape index (κ1) is 9.53. The highest BCUT2D eigenvalue weighted by Gasteiger charge is 2.15. The number of hydrogen-bond donors (Lipinski definition) is 0. The molecule has 0 bridgehead atoms. The summed E-state index contributed by atoms with van der Waals surface area (Å²) >= 11 is 0. The molecule has 0 N–H and O–H groups in total. The minimum Gasteiger partial charge on any atom is -0.493 e. The van der Waals surface area contributed by atoms with Crippen molar-refractivity contribution in [1.29, 1.82) is 5.26 Å². The number of benzene rings is 1. The highest BCUT2D eigenvalue weighted by molar-refractivity contribution is 6.03. The zero-order valence-corrected chi connectivity index (χ0v) is 8.36. The number of nitriles is 1. The maximum absolute atomic E-state index is 11.1. The summed E-state index contributed by atoms with van der Waals surface area (Å²) in [6, 6.07) is 7.08. The summed E-state index contributed by atoms with van der Waals surface area (Å²) in [5, 5.41) is 8.49. The lowest BCUT2D eigenvalue weighted by atomic mass is 10.1. The molecule has 0 aliphatic carbocycles. The quantitative estimate of drug-likeness (QED) is 0.641. The van der Waals surface area contributed by atoms with Crippen LogP contribution < -0.4 is 9.64 Å². The molecule has 2 rings (SSSR count). The lowest BCUT2D eigenvalue weighted by Crippen LogP contribution is -2.24. The van der Waals surface area contributed by atoms with E-state index in [1.165, 1.54) is 4.90 Å². The van der Waals surface area contributed by atoms with Gasteiger partial charge in [-0.05, 0) is 23.8 Å². The molecule has 0 spiro atoms. The van der Waals surface area contributed by atoms with Crippen LogP contribution in [0.5, 0.6) is 5.75 Å². The van der Waals surface area contributed by atoms with Gasteiger partial charge >= 0.3 is 5.91 Å². The molecule has 15 heavy (non-hydrogen) atoms. The van der Waals surface area contributed by atoms with Crippen molar-refractivity contribution in [2.24, 2.45) is 0 Å². The monoisotopic (exact) mass is 202 g/mol. The number of fused-ring (bicyclic) bond motifs is 1. The molecule has 1 aromatic carbocycles. The van der Waals surface area contributed by atoms with Gasteiger partial charge in [0.05, 0.1) is 6.61 Å². The fourth-order valence-corrected chi connectivity index (χ4v) is 1.57. The van der Waals surface area contributed by atoms with Crippen molar-refractivity contribution < 1.29 is 9.53 Å². The van der Waals surface area contributed by atoms with Gasteiger partial charge in [0.15, 0.2) is 6.07 Å². The molecule has 1 aliphatic heterocycles. The molecule has 1 amide bonds. The second kappa shape index (κ2) is 3.62. The van der Waals surface area contributed by atoms with E-state index < -0.39 is 5.91 Å². The SMILES string of the molecule is CN(C(=O)C#N)c1ccc2c(c1)CCO2. The molecule has 0 fully saturated rings. The van der Waals surface area contributed by atoms with Crippen molar-refractivity contribution >= 4 is 11.6 Å². The first-order chi connectivity index (χ1) is 7.22. The van der Waals surface area contributed by atoms with E-state index in [9.17, 15) is 4.79 Å². The minimum atomic E-state index is -0.561. The van der Waals surface area contributed by atoms with Gasteiger partial charge in [0, 0.05) is 19.2 Å². The first-order valence-corrected chi connectivity index (χ1v) is 4.66. The van der Waals surface area contributed by atoms with Crippen LogP contribution in [0.15, 0.2) is 18.2 Å². The average Bonchev–Trinajstić information content (AvgIpc) is 2.73. The van der Waals surface area contributed by atoms with Crippen molar-refractivity contribution in [2.45, 2.75) is 6.42 Å². The topological polar surface area (TPSA) is 53.3 Å². The number of hydrogen-bond acceptors (Lipinski definition) is 3. The number of carbonyl (C=O) groups is 1. The Kier molecular flexibility index (Phi) is 2.30. The van der Waals surface area contributed by atoms with Gasteiger partial charge in [-0.1, -0.05) is 0 Å². The van der Waals surface area contributed by atoms with Crippen LogP contribution in [0.2, 0.25) is 0 Å². The average molecular weight is 202 g/mol. The van der Waals surface area contributed by atoms with E-state index in [-0.39, 0.29) is 0 Å². The summed E-state index contributed by atoms with van der Waals surface area (Å²) in [6.45, 7) is 0.689. The van der Waals surface area contributed by atoms with E-state index in [4.69, 9.17) is 10.00 Å². The Morgan fingerprint density at radius 1 is 1.60 bits per heavy atom. The molecule has 4 nitrogen and oxygen atoms in total. The van der Waals surface area contributed by atoms with Crippen LogP contribution in [0.1, 0.15) is 5.56 Å². The van der Waals surface area contributed by atoms with Crippen LogP contribution in [0.4, 0.5) is 5.69 Å². The van der Waals surface area contributed by atoms with Crippen LogP contribution in [0.25, 0.3) is 0 Å². The normalized spacial score (nSPS) is 12.5. The van der Waals surface area contributed by atoms with Gasteiger partial charge in [0.25, 0.3) is 0 Å². The highest BCUT2D eigenvalue weighted by atomic mass is 16.5. The molecular weight excluding hydrogens is 192 g/mol. The van der Waals surface area contributed by atoms with Gasteiger partial charge in [-0.3, -0.25) is 4.79 Å². The molecule has 0 atom stereocenters. The maximum Gasteiger partial charge on any atom is 0.329 e. The number of amides is 1. The van der Waals surface area contributed by atoms with Crippen LogP contribution in [0.3, 0.4) is 0 Å². The van der Waals surface area contributed by atoms with Gasteiger partial charge in [0.1, 0.15) is 5.75 Å². The van der Waals surface area contributed by atoms with Crippen LogP contribution in [0, 0.1) is 11.3 Å². The van der Waals surface area contributed by atoms with Crippen molar-refractivity contribution in [3.05, 3.63) is 23.8 Å². The zero-order chi connectivity index (χ0) is 10.8. The van der Waals surface area contributed by atoms with Crippen LogP contribution >= 0.6 is 0 Å². The molecule has 1 aromatic rings. The number of ether oxygens (including phenoxy) is 1. The molecule has 76 valence electrons. The number of rotatable bonds is 1. The highest BCUT2D eigenvalue weighted by Crippen LogP contribution is 2.29. The summed E-state index contributed by atoms with van der Waals surface area (Å²) in [5.74, 6) is 0.311. The van der Waals surface area contributed by atoms with E-state index >= 15 is 0 Å². The standard InChI is InChI=1S/C11H10N2O2/c1-13(11(14)7-12)9-2-3-10-8(6-9)4-5-15-10/h2-3,6H,4-5H2,1H3. The van der Waals surface area contributed by atoms with Crippen molar-refractivity contribution in [3.63, 3.8) is 0 Å². The van der Waals surface area contributed by atoms with Crippen molar-refractivity contribution in [2.75, 3.05) is 18.6 Å². The van der Waals surface area contributed by atoms with Gasteiger partial charge < -0.3 is 9.64 Å². The predicted molar refractivity (Wildman–Crippen MR) is 54.7 cm³/mol. The molecule has 0 radical (unpaired) electrons. The lowest BCUT2D eigenvalue weighted by molar-refractivity contribution is -0.113.